The molecule has 7 heteroatoms. The molecule has 0 amide bonds. The molecule has 0 aliphatic rings. The second kappa shape index (κ2) is 9.56. The number of rotatable bonds is 8. The molecule has 2 N–H and O–H groups in total. The van der Waals surface area contributed by atoms with Crippen LogP contribution in [0.2, 0.25) is 0 Å². The number of nitrogens with one attached hydrogen (secondary N) is 2. The van der Waals surface area contributed by atoms with Gasteiger partial charge in [0.2, 0.25) is 0 Å². The third-order valence-corrected chi connectivity index (χ3v) is 4.66. The van der Waals surface area contributed by atoms with Gasteiger partial charge in [-0.3, -0.25) is 9.67 Å². The molecular weight excluding hydrogens is 332 g/mol. The molecule has 2 aromatic heterocycles. The van der Waals surface area contributed by atoms with E-state index in [9.17, 15) is 0 Å². The molecule has 6 nitrogen and oxygen atoms in total. The zero-order valence-corrected chi connectivity index (χ0v) is 16.8. The van der Waals surface area contributed by atoms with E-state index in [1.54, 1.807) is 11.3 Å². The van der Waals surface area contributed by atoms with Crippen LogP contribution in [0, 0.1) is 26.7 Å². The summed E-state index contributed by atoms with van der Waals surface area (Å²) in [5.41, 5.74) is 3.42. The predicted molar refractivity (Wildman–Crippen MR) is 105 cm³/mol. The molecule has 0 aromatic carbocycles. The maximum absolute atomic E-state index is 4.72. The van der Waals surface area contributed by atoms with Gasteiger partial charge in [0.05, 0.1) is 16.4 Å². The highest BCUT2D eigenvalue weighted by molar-refractivity contribution is 7.09. The lowest BCUT2D eigenvalue weighted by molar-refractivity contribution is 0.449. The summed E-state index contributed by atoms with van der Waals surface area (Å²) in [6.45, 7) is 13.8. The zero-order valence-electron chi connectivity index (χ0n) is 16.0. The number of aliphatic imine (C=N–C) groups is 1. The molecule has 0 fully saturated rings. The zero-order chi connectivity index (χ0) is 18.2. The smallest absolute Gasteiger partial charge is 0.191 e. The molecule has 25 heavy (non-hydrogen) atoms. The second-order valence-corrected chi connectivity index (χ2v) is 7.53. The van der Waals surface area contributed by atoms with Gasteiger partial charge in [-0.1, -0.05) is 6.92 Å². The van der Waals surface area contributed by atoms with Crippen LogP contribution in [0.3, 0.4) is 0 Å². The standard InChI is InChI=1S/C18H30N6S/c1-6-19-18(20-8-7-17-12-25-16(5)22-17)21-10-13(2)11-24-15(4)9-14(3)23-24/h9,12-13H,6-8,10-11H2,1-5H3,(H2,19,20,21). The maximum Gasteiger partial charge on any atom is 0.191 e. The van der Waals surface area contributed by atoms with Crippen molar-refractivity contribution in [1.29, 1.82) is 0 Å². The number of aryl methyl sites for hydroxylation is 3. The third-order valence-electron chi connectivity index (χ3n) is 3.83. The van der Waals surface area contributed by atoms with E-state index >= 15 is 0 Å². The van der Waals surface area contributed by atoms with Crippen LogP contribution < -0.4 is 10.6 Å². The molecule has 138 valence electrons. The van der Waals surface area contributed by atoms with E-state index in [-0.39, 0.29) is 0 Å². The van der Waals surface area contributed by atoms with Crippen LogP contribution >= 0.6 is 11.3 Å². The Morgan fingerprint density at radius 3 is 2.72 bits per heavy atom. The highest BCUT2D eigenvalue weighted by Crippen LogP contribution is 2.08. The first-order valence-corrected chi connectivity index (χ1v) is 9.80. The summed E-state index contributed by atoms with van der Waals surface area (Å²) in [7, 11) is 0. The predicted octanol–water partition coefficient (Wildman–Crippen LogP) is 2.70. The lowest BCUT2D eigenvalue weighted by atomic mass is 10.2. The lowest BCUT2D eigenvalue weighted by Crippen LogP contribution is -2.38. The van der Waals surface area contributed by atoms with Crippen molar-refractivity contribution in [3.05, 3.63) is 33.5 Å². The molecule has 1 unspecified atom stereocenters. The normalized spacial score (nSPS) is 13.1. The summed E-state index contributed by atoms with van der Waals surface area (Å²) in [6, 6.07) is 2.11. The minimum atomic E-state index is 0.426. The quantitative estimate of drug-likeness (QED) is 0.560. The first-order chi connectivity index (χ1) is 12.0. The van der Waals surface area contributed by atoms with Gasteiger partial charge in [0.25, 0.3) is 0 Å². The number of aromatic nitrogens is 3. The average molecular weight is 363 g/mol. The van der Waals surface area contributed by atoms with E-state index in [1.165, 1.54) is 5.69 Å². The van der Waals surface area contributed by atoms with Crippen LogP contribution in [-0.4, -0.2) is 40.4 Å². The van der Waals surface area contributed by atoms with Crippen molar-refractivity contribution in [2.45, 2.75) is 47.6 Å². The lowest BCUT2D eigenvalue weighted by Gasteiger charge is -2.14. The topological polar surface area (TPSA) is 67.1 Å². The molecule has 1 atom stereocenters. The van der Waals surface area contributed by atoms with Crippen LogP contribution in [0.4, 0.5) is 0 Å². The van der Waals surface area contributed by atoms with Crippen molar-refractivity contribution in [3.63, 3.8) is 0 Å². The van der Waals surface area contributed by atoms with Gasteiger partial charge in [-0.05, 0) is 39.7 Å². The van der Waals surface area contributed by atoms with Crippen molar-refractivity contribution in [3.8, 4) is 0 Å². The summed E-state index contributed by atoms with van der Waals surface area (Å²) in [6.07, 6.45) is 0.913. The fourth-order valence-corrected chi connectivity index (χ4v) is 3.28. The van der Waals surface area contributed by atoms with Gasteiger partial charge in [0, 0.05) is 43.7 Å². The molecule has 0 spiro atoms. The van der Waals surface area contributed by atoms with Crippen molar-refractivity contribution in [2.75, 3.05) is 19.6 Å². The van der Waals surface area contributed by atoms with Crippen LogP contribution in [0.1, 0.15) is 35.9 Å². The fraction of sp³-hybridized carbons (Fsp3) is 0.611. The van der Waals surface area contributed by atoms with E-state index < -0.39 is 0 Å². The molecule has 2 heterocycles. The first kappa shape index (κ1) is 19.4. The van der Waals surface area contributed by atoms with E-state index in [4.69, 9.17) is 4.99 Å². The maximum atomic E-state index is 4.72. The first-order valence-electron chi connectivity index (χ1n) is 8.92. The highest BCUT2D eigenvalue weighted by atomic mass is 32.1. The Morgan fingerprint density at radius 2 is 2.12 bits per heavy atom. The van der Waals surface area contributed by atoms with Gasteiger partial charge in [0.1, 0.15) is 0 Å². The largest absolute Gasteiger partial charge is 0.357 e. The molecule has 0 bridgehead atoms. The number of thiazole rings is 1. The summed E-state index contributed by atoms with van der Waals surface area (Å²) >= 11 is 1.70. The fourth-order valence-electron chi connectivity index (χ4n) is 2.63. The number of guanidine groups is 1. The van der Waals surface area contributed by atoms with Gasteiger partial charge in [0.15, 0.2) is 5.96 Å². The monoisotopic (exact) mass is 362 g/mol. The molecule has 2 rings (SSSR count). The van der Waals surface area contributed by atoms with Crippen LogP contribution in [-0.2, 0) is 13.0 Å². The minimum absolute atomic E-state index is 0.426. The summed E-state index contributed by atoms with van der Waals surface area (Å²) in [4.78, 5) is 9.21. The third kappa shape index (κ3) is 6.49. The Kier molecular flexibility index (Phi) is 7.43. The average Bonchev–Trinajstić information content (AvgIpc) is 3.10. The van der Waals surface area contributed by atoms with Gasteiger partial charge < -0.3 is 10.6 Å². The Morgan fingerprint density at radius 1 is 1.32 bits per heavy atom. The van der Waals surface area contributed by atoms with Crippen molar-refractivity contribution in [1.82, 2.24) is 25.4 Å². The summed E-state index contributed by atoms with van der Waals surface area (Å²) < 4.78 is 2.07. The minimum Gasteiger partial charge on any atom is -0.357 e. The number of hydrogen-bond donors (Lipinski definition) is 2. The Hall–Kier alpha value is -1.89. The van der Waals surface area contributed by atoms with E-state index in [0.29, 0.717) is 5.92 Å². The van der Waals surface area contributed by atoms with Crippen molar-refractivity contribution < 1.29 is 0 Å². The second-order valence-electron chi connectivity index (χ2n) is 6.47. The molecule has 0 saturated carbocycles. The number of nitrogens with zero attached hydrogens (tertiary/aromatic N) is 4. The molecule has 0 radical (unpaired) electrons. The van der Waals surface area contributed by atoms with Crippen molar-refractivity contribution >= 4 is 17.3 Å². The summed E-state index contributed by atoms with van der Waals surface area (Å²) in [5.74, 6) is 1.30. The summed E-state index contributed by atoms with van der Waals surface area (Å²) in [5, 5.41) is 14.5. The molecule has 0 saturated heterocycles. The van der Waals surface area contributed by atoms with Crippen LogP contribution in [0.15, 0.2) is 16.4 Å². The Balaban J connectivity index is 1.82. The van der Waals surface area contributed by atoms with Crippen molar-refractivity contribution in [2.24, 2.45) is 10.9 Å². The van der Waals surface area contributed by atoms with E-state index in [1.807, 2.05) is 13.8 Å². The van der Waals surface area contributed by atoms with Gasteiger partial charge in [-0.2, -0.15) is 5.10 Å². The van der Waals surface area contributed by atoms with Crippen LogP contribution in [0.25, 0.3) is 0 Å². The van der Waals surface area contributed by atoms with Gasteiger partial charge >= 0.3 is 0 Å². The SMILES string of the molecule is CCNC(=NCC(C)Cn1nc(C)cc1C)NCCc1csc(C)n1. The van der Waals surface area contributed by atoms with Gasteiger partial charge in [-0.15, -0.1) is 11.3 Å². The van der Waals surface area contributed by atoms with E-state index in [0.717, 1.165) is 55.0 Å². The molecule has 0 aliphatic heterocycles. The molecule has 2 aromatic rings. The molecular formula is C18H30N6S. The highest BCUT2D eigenvalue weighted by Gasteiger charge is 2.07. The molecule has 0 aliphatic carbocycles. The Bertz CT molecular complexity index is 688. The number of hydrogen-bond acceptors (Lipinski definition) is 4. The van der Waals surface area contributed by atoms with Crippen LogP contribution in [0.5, 0.6) is 0 Å². The van der Waals surface area contributed by atoms with Gasteiger partial charge in [-0.25, -0.2) is 4.98 Å². The Labute approximate surface area is 154 Å². The van der Waals surface area contributed by atoms with E-state index in [2.05, 4.69) is 57.6 Å².